The molecular formula is C11H24N2O2S. The largest absolute Gasteiger partial charge is 0.271 e. The Labute approximate surface area is 98.9 Å². The summed E-state index contributed by atoms with van der Waals surface area (Å²) in [6.45, 7) is 4.35. The zero-order valence-electron chi connectivity index (χ0n) is 10.3. The van der Waals surface area contributed by atoms with Crippen molar-refractivity contribution in [1.82, 2.24) is 5.43 Å². The molecule has 2 atom stereocenters. The standard InChI is InChI=1S/C11H24N2O2S/c1-3-9(4-2)7-11(13-12)10-5-6-16(14,15)8-10/h9-11,13H,3-8,12H2,1-2H3. The fraction of sp³-hybridized carbons (Fsp3) is 1.00. The van der Waals surface area contributed by atoms with Gasteiger partial charge in [-0.2, -0.15) is 0 Å². The van der Waals surface area contributed by atoms with Crippen LogP contribution in [0.5, 0.6) is 0 Å². The third-order valence-electron chi connectivity index (χ3n) is 3.79. The molecule has 0 aromatic rings. The number of hydrogen-bond donors (Lipinski definition) is 2. The van der Waals surface area contributed by atoms with Crippen molar-refractivity contribution < 1.29 is 8.42 Å². The van der Waals surface area contributed by atoms with E-state index in [2.05, 4.69) is 19.3 Å². The van der Waals surface area contributed by atoms with Crippen molar-refractivity contribution in [3.05, 3.63) is 0 Å². The van der Waals surface area contributed by atoms with Crippen molar-refractivity contribution in [3.8, 4) is 0 Å². The molecule has 1 fully saturated rings. The third-order valence-corrected chi connectivity index (χ3v) is 5.59. The molecule has 3 N–H and O–H groups in total. The van der Waals surface area contributed by atoms with Crippen molar-refractivity contribution in [2.75, 3.05) is 11.5 Å². The van der Waals surface area contributed by atoms with Crippen LogP contribution in [-0.2, 0) is 9.84 Å². The molecule has 0 radical (unpaired) electrons. The van der Waals surface area contributed by atoms with E-state index in [1.165, 1.54) is 0 Å². The van der Waals surface area contributed by atoms with Crippen LogP contribution >= 0.6 is 0 Å². The highest BCUT2D eigenvalue weighted by Crippen LogP contribution is 2.26. The fourth-order valence-corrected chi connectivity index (χ4v) is 4.40. The van der Waals surface area contributed by atoms with Crippen LogP contribution in [0.4, 0.5) is 0 Å². The molecular weight excluding hydrogens is 224 g/mol. The summed E-state index contributed by atoms with van der Waals surface area (Å²) >= 11 is 0. The van der Waals surface area contributed by atoms with Gasteiger partial charge in [-0.15, -0.1) is 0 Å². The Morgan fingerprint density at radius 1 is 1.38 bits per heavy atom. The summed E-state index contributed by atoms with van der Waals surface area (Å²) in [7, 11) is -2.80. The van der Waals surface area contributed by atoms with Gasteiger partial charge in [-0.25, -0.2) is 8.42 Å². The Kier molecular flexibility index (Phi) is 5.21. The highest BCUT2D eigenvalue weighted by Gasteiger charge is 2.33. The van der Waals surface area contributed by atoms with Gasteiger partial charge in [-0.05, 0) is 24.7 Å². The second-order valence-electron chi connectivity index (χ2n) is 4.85. The predicted molar refractivity (Wildman–Crippen MR) is 66.6 cm³/mol. The van der Waals surface area contributed by atoms with Gasteiger partial charge in [0.05, 0.1) is 11.5 Å². The highest BCUT2D eigenvalue weighted by molar-refractivity contribution is 7.91. The van der Waals surface area contributed by atoms with Crippen LogP contribution < -0.4 is 11.3 Å². The number of nitrogens with one attached hydrogen (secondary N) is 1. The van der Waals surface area contributed by atoms with Gasteiger partial charge in [0.15, 0.2) is 9.84 Å². The molecule has 0 aliphatic carbocycles. The Bertz CT molecular complexity index is 299. The molecule has 1 aliphatic rings. The molecule has 16 heavy (non-hydrogen) atoms. The molecule has 1 heterocycles. The molecule has 1 rings (SSSR count). The van der Waals surface area contributed by atoms with E-state index in [0.717, 1.165) is 25.7 Å². The van der Waals surface area contributed by atoms with Crippen molar-refractivity contribution in [2.45, 2.75) is 45.6 Å². The molecule has 96 valence electrons. The van der Waals surface area contributed by atoms with Crippen molar-refractivity contribution >= 4 is 9.84 Å². The highest BCUT2D eigenvalue weighted by atomic mass is 32.2. The maximum Gasteiger partial charge on any atom is 0.150 e. The van der Waals surface area contributed by atoms with Crippen LogP contribution in [0.25, 0.3) is 0 Å². The van der Waals surface area contributed by atoms with E-state index in [1.54, 1.807) is 0 Å². The van der Waals surface area contributed by atoms with Crippen LogP contribution in [0.15, 0.2) is 0 Å². The molecule has 2 unspecified atom stereocenters. The average Bonchev–Trinajstić information content (AvgIpc) is 2.61. The van der Waals surface area contributed by atoms with E-state index < -0.39 is 9.84 Å². The molecule has 1 aliphatic heterocycles. The van der Waals surface area contributed by atoms with E-state index in [0.29, 0.717) is 17.4 Å². The number of hydrazine groups is 1. The number of nitrogens with two attached hydrogens (primary N) is 1. The second-order valence-corrected chi connectivity index (χ2v) is 7.08. The average molecular weight is 248 g/mol. The van der Waals surface area contributed by atoms with Crippen LogP contribution in [-0.4, -0.2) is 26.0 Å². The molecule has 0 aromatic heterocycles. The second kappa shape index (κ2) is 5.98. The summed E-state index contributed by atoms with van der Waals surface area (Å²) in [6, 6.07) is 0.155. The smallest absolute Gasteiger partial charge is 0.150 e. The quantitative estimate of drug-likeness (QED) is 0.545. The van der Waals surface area contributed by atoms with Crippen molar-refractivity contribution in [1.29, 1.82) is 0 Å². The minimum atomic E-state index is -2.80. The van der Waals surface area contributed by atoms with E-state index in [4.69, 9.17) is 5.84 Å². The number of sulfone groups is 1. The molecule has 0 spiro atoms. The summed E-state index contributed by atoms with van der Waals surface area (Å²) in [5.41, 5.74) is 2.82. The Morgan fingerprint density at radius 2 is 2.00 bits per heavy atom. The van der Waals surface area contributed by atoms with Crippen LogP contribution in [0, 0.1) is 11.8 Å². The molecule has 5 heteroatoms. The summed E-state index contributed by atoms with van der Waals surface area (Å²) < 4.78 is 22.8. The Hall–Kier alpha value is -0.130. The number of rotatable bonds is 6. The summed E-state index contributed by atoms with van der Waals surface area (Å²) in [4.78, 5) is 0. The minimum absolute atomic E-state index is 0.155. The van der Waals surface area contributed by atoms with Gasteiger partial charge in [0.25, 0.3) is 0 Å². The van der Waals surface area contributed by atoms with Crippen molar-refractivity contribution in [2.24, 2.45) is 17.7 Å². The zero-order chi connectivity index (χ0) is 12.2. The first-order valence-electron chi connectivity index (χ1n) is 6.19. The maximum atomic E-state index is 11.4. The van der Waals surface area contributed by atoms with Gasteiger partial charge in [-0.3, -0.25) is 11.3 Å². The molecule has 4 nitrogen and oxygen atoms in total. The fourth-order valence-electron chi connectivity index (χ4n) is 2.52. The first kappa shape index (κ1) is 13.9. The predicted octanol–water partition coefficient (Wildman–Crippen LogP) is 1.08. The molecule has 0 amide bonds. The van der Waals surface area contributed by atoms with Crippen LogP contribution in [0.2, 0.25) is 0 Å². The summed E-state index contributed by atoms with van der Waals surface area (Å²) in [5.74, 6) is 7.04. The van der Waals surface area contributed by atoms with Gasteiger partial charge in [0.1, 0.15) is 0 Å². The maximum absolute atomic E-state index is 11.4. The SMILES string of the molecule is CCC(CC)CC(NN)C1CCS(=O)(=O)C1. The Morgan fingerprint density at radius 3 is 2.38 bits per heavy atom. The molecule has 1 saturated heterocycles. The van der Waals surface area contributed by atoms with Gasteiger partial charge >= 0.3 is 0 Å². The first-order chi connectivity index (χ1) is 7.52. The van der Waals surface area contributed by atoms with Crippen LogP contribution in [0.1, 0.15) is 39.5 Å². The molecule has 0 aromatic carbocycles. The zero-order valence-corrected chi connectivity index (χ0v) is 11.1. The normalized spacial score (nSPS) is 26.1. The van der Waals surface area contributed by atoms with E-state index in [9.17, 15) is 8.42 Å². The van der Waals surface area contributed by atoms with Crippen LogP contribution in [0.3, 0.4) is 0 Å². The van der Waals surface area contributed by atoms with Gasteiger partial charge in [0.2, 0.25) is 0 Å². The van der Waals surface area contributed by atoms with E-state index in [1.807, 2.05) is 0 Å². The lowest BCUT2D eigenvalue weighted by Crippen LogP contribution is -2.42. The topological polar surface area (TPSA) is 72.2 Å². The van der Waals surface area contributed by atoms with Crippen molar-refractivity contribution in [3.63, 3.8) is 0 Å². The van der Waals surface area contributed by atoms with E-state index in [-0.39, 0.29) is 12.0 Å². The minimum Gasteiger partial charge on any atom is -0.271 e. The third kappa shape index (κ3) is 3.71. The van der Waals surface area contributed by atoms with Gasteiger partial charge in [-0.1, -0.05) is 26.7 Å². The first-order valence-corrected chi connectivity index (χ1v) is 8.01. The summed E-state index contributed by atoms with van der Waals surface area (Å²) in [5, 5.41) is 0. The summed E-state index contributed by atoms with van der Waals surface area (Å²) in [6.07, 6.45) is 4.02. The Balaban J connectivity index is 2.55. The molecule has 0 bridgehead atoms. The monoisotopic (exact) mass is 248 g/mol. The lowest BCUT2D eigenvalue weighted by molar-refractivity contribution is 0.301. The number of hydrogen-bond acceptors (Lipinski definition) is 4. The lowest BCUT2D eigenvalue weighted by atomic mass is 9.88. The van der Waals surface area contributed by atoms with Gasteiger partial charge in [0, 0.05) is 6.04 Å². The molecule has 0 saturated carbocycles. The van der Waals surface area contributed by atoms with Gasteiger partial charge < -0.3 is 0 Å². The lowest BCUT2D eigenvalue weighted by Gasteiger charge is -2.25. The van der Waals surface area contributed by atoms with E-state index >= 15 is 0 Å².